The molecule has 0 aromatic carbocycles. The maximum atomic E-state index is 12.2. The van der Waals surface area contributed by atoms with Gasteiger partial charge in [0.2, 0.25) is 0 Å². The fourth-order valence-corrected chi connectivity index (χ4v) is 2.25. The zero-order valence-electron chi connectivity index (χ0n) is 12.3. The molecule has 1 fully saturated rings. The SMILES string of the molecule is CCN(CC(=O)O)C(=O)N1CCN(C(C)(C)C)CC1. The van der Waals surface area contributed by atoms with E-state index >= 15 is 0 Å². The van der Waals surface area contributed by atoms with Gasteiger partial charge in [-0.2, -0.15) is 0 Å². The van der Waals surface area contributed by atoms with Crippen molar-refractivity contribution in [2.45, 2.75) is 33.2 Å². The number of aliphatic carboxylic acids is 1. The molecule has 0 radical (unpaired) electrons. The molecular formula is C13H25N3O3. The van der Waals surface area contributed by atoms with Crippen LogP contribution in [0, 0.1) is 0 Å². The number of hydrogen-bond acceptors (Lipinski definition) is 3. The minimum absolute atomic E-state index is 0.112. The van der Waals surface area contributed by atoms with E-state index in [2.05, 4.69) is 25.7 Å². The van der Waals surface area contributed by atoms with Crippen molar-refractivity contribution < 1.29 is 14.7 Å². The van der Waals surface area contributed by atoms with Gasteiger partial charge in [-0.25, -0.2) is 4.79 Å². The summed E-state index contributed by atoms with van der Waals surface area (Å²) in [7, 11) is 0. The highest BCUT2D eigenvalue weighted by Gasteiger charge is 2.29. The van der Waals surface area contributed by atoms with E-state index in [-0.39, 0.29) is 18.1 Å². The van der Waals surface area contributed by atoms with Crippen molar-refractivity contribution in [2.24, 2.45) is 0 Å². The van der Waals surface area contributed by atoms with Gasteiger partial charge >= 0.3 is 12.0 Å². The lowest BCUT2D eigenvalue weighted by Gasteiger charge is -2.43. The Balaban J connectivity index is 2.54. The van der Waals surface area contributed by atoms with E-state index in [1.54, 1.807) is 11.8 Å². The molecule has 0 atom stereocenters. The lowest BCUT2D eigenvalue weighted by Crippen LogP contribution is -2.57. The van der Waals surface area contributed by atoms with Crippen LogP contribution in [-0.2, 0) is 4.79 Å². The molecule has 6 nitrogen and oxygen atoms in total. The molecule has 1 aliphatic heterocycles. The molecule has 1 rings (SSSR count). The molecule has 1 saturated heterocycles. The Bertz CT molecular complexity index is 331. The average Bonchev–Trinajstić information content (AvgIpc) is 2.34. The van der Waals surface area contributed by atoms with Gasteiger partial charge in [0, 0.05) is 38.3 Å². The molecule has 0 saturated carbocycles. The van der Waals surface area contributed by atoms with Crippen LogP contribution in [0.15, 0.2) is 0 Å². The number of carboxylic acids is 1. The first-order valence-electron chi connectivity index (χ1n) is 6.76. The maximum absolute atomic E-state index is 12.2. The minimum atomic E-state index is -0.969. The van der Waals surface area contributed by atoms with Crippen LogP contribution in [0.2, 0.25) is 0 Å². The fourth-order valence-electron chi connectivity index (χ4n) is 2.25. The van der Waals surface area contributed by atoms with Crippen molar-refractivity contribution >= 4 is 12.0 Å². The first-order valence-corrected chi connectivity index (χ1v) is 6.76. The highest BCUT2D eigenvalue weighted by atomic mass is 16.4. The van der Waals surface area contributed by atoms with E-state index in [4.69, 9.17) is 5.11 Å². The van der Waals surface area contributed by atoms with Crippen LogP contribution in [0.25, 0.3) is 0 Å². The smallest absolute Gasteiger partial charge is 0.323 e. The summed E-state index contributed by atoms with van der Waals surface area (Å²) in [6.45, 7) is 11.5. The number of urea groups is 1. The Morgan fingerprint density at radius 3 is 2.05 bits per heavy atom. The lowest BCUT2D eigenvalue weighted by atomic mass is 10.1. The van der Waals surface area contributed by atoms with Gasteiger partial charge in [0.25, 0.3) is 0 Å². The molecule has 0 aliphatic carbocycles. The number of carbonyl (C=O) groups excluding carboxylic acids is 1. The zero-order valence-corrected chi connectivity index (χ0v) is 12.3. The van der Waals surface area contributed by atoms with Crippen LogP contribution >= 0.6 is 0 Å². The maximum Gasteiger partial charge on any atom is 0.323 e. The number of hydrogen-bond donors (Lipinski definition) is 1. The van der Waals surface area contributed by atoms with Gasteiger partial charge in [-0.15, -0.1) is 0 Å². The van der Waals surface area contributed by atoms with Crippen molar-refractivity contribution in [1.29, 1.82) is 0 Å². The van der Waals surface area contributed by atoms with Crippen molar-refractivity contribution in [1.82, 2.24) is 14.7 Å². The molecule has 6 heteroatoms. The second-order valence-electron chi connectivity index (χ2n) is 5.84. The largest absolute Gasteiger partial charge is 0.480 e. The van der Waals surface area contributed by atoms with Gasteiger partial charge in [0.15, 0.2) is 0 Å². The molecular weight excluding hydrogens is 246 g/mol. The first kappa shape index (κ1) is 15.8. The molecule has 110 valence electrons. The molecule has 0 aromatic rings. The summed E-state index contributed by atoms with van der Waals surface area (Å²) >= 11 is 0. The number of nitrogens with zero attached hydrogens (tertiary/aromatic N) is 3. The summed E-state index contributed by atoms with van der Waals surface area (Å²) in [5, 5.41) is 8.79. The fraction of sp³-hybridized carbons (Fsp3) is 0.846. The summed E-state index contributed by atoms with van der Waals surface area (Å²) in [4.78, 5) is 28.4. The van der Waals surface area contributed by atoms with E-state index in [9.17, 15) is 9.59 Å². The first-order chi connectivity index (χ1) is 8.75. The topological polar surface area (TPSA) is 64.1 Å². The Morgan fingerprint density at radius 1 is 1.16 bits per heavy atom. The van der Waals surface area contributed by atoms with Gasteiger partial charge in [0.1, 0.15) is 6.54 Å². The van der Waals surface area contributed by atoms with Gasteiger partial charge in [-0.1, -0.05) is 0 Å². The van der Waals surface area contributed by atoms with E-state index in [1.807, 2.05) is 0 Å². The van der Waals surface area contributed by atoms with Crippen LogP contribution < -0.4 is 0 Å². The second kappa shape index (κ2) is 6.23. The summed E-state index contributed by atoms with van der Waals surface area (Å²) < 4.78 is 0. The molecule has 1 aliphatic rings. The third kappa shape index (κ3) is 4.38. The number of carboxylic acid groups (broad SMARTS) is 1. The summed E-state index contributed by atoms with van der Waals surface area (Å²) in [5.41, 5.74) is 0.112. The Hall–Kier alpha value is -1.30. The Kier molecular flexibility index (Phi) is 5.17. The third-order valence-electron chi connectivity index (χ3n) is 3.48. The van der Waals surface area contributed by atoms with Crippen LogP contribution in [0.4, 0.5) is 4.79 Å². The molecule has 2 amide bonds. The molecule has 0 aromatic heterocycles. The zero-order chi connectivity index (χ0) is 14.6. The summed E-state index contributed by atoms with van der Waals surface area (Å²) in [6, 6.07) is -0.168. The van der Waals surface area contributed by atoms with Gasteiger partial charge < -0.3 is 14.9 Å². The van der Waals surface area contributed by atoms with Crippen LogP contribution in [0.3, 0.4) is 0 Å². The molecule has 0 bridgehead atoms. The van der Waals surface area contributed by atoms with Gasteiger partial charge in [-0.3, -0.25) is 9.69 Å². The lowest BCUT2D eigenvalue weighted by molar-refractivity contribution is -0.137. The summed E-state index contributed by atoms with van der Waals surface area (Å²) in [6.07, 6.45) is 0. The minimum Gasteiger partial charge on any atom is -0.480 e. The Labute approximate surface area is 115 Å². The monoisotopic (exact) mass is 271 g/mol. The molecule has 1 N–H and O–H groups in total. The standard InChI is InChI=1S/C13H25N3O3/c1-5-14(10-11(17)18)12(19)15-6-8-16(9-7-15)13(2,3)4/h5-10H2,1-4H3,(H,17,18). The molecule has 1 heterocycles. The van der Waals surface area contributed by atoms with E-state index in [1.165, 1.54) is 4.90 Å². The number of rotatable bonds is 3. The van der Waals surface area contributed by atoms with E-state index in [0.717, 1.165) is 13.1 Å². The van der Waals surface area contributed by atoms with Crippen LogP contribution in [0.1, 0.15) is 27.7 Å². The van der Waals surface area contributed by atoms with Gasteiger partial charge in [-0.05, 0) is 27.7 Å². The average molecular weight is 271 g/mol. The highest BCUT2D eigenvalue weighted by Crippen LogP contribution is 2.16. The normalized spacial score (nSPS) is 17.4. The predicted octanol–water partition coefficient (Wildman–Crippen LogP) is 0.929. The van der Waals surface area contributed by atoms with Crippen molar-refractivity contribution in [2.75, 3.05) is 39.3 Å². The Morgan fingerprint density at radius 2 is 1.68 bits per heavy atom. The molecule has 19 heavy (non-hydrogen) atoms. The molecule has 0 spiro atoms. The number of piperazine rings is 1. The molecule has 0 unspecified atom stereocenters. The highest BCUT2D eigenvalue weighted by molar-refractivity contribution is 5.80. The summed E-state index contributed by atoms with van der Waals surface area (Å²) in [5.74, 6) is -0.969. The van der Waals surface area contributed by atoms with E-state index < -0.39 is 5.97 Å². The number of likely N-dealkylation sites (N-methyl/N-ethyl adjacent to an activating group) is 1. The quantitative estimate of drug-likeness (QED) is 0.829. The van der Waals surface area contributed by atoms with Crippen LogP contribution in [-0.4, -0.2) is 76.6 Å². The van der Waals surface area contributed by atoms with Crippen molar-refractivity contribution in [3.8, 4) is 0 Å². The predicted molar refractivity (Wildman–Crippen MR) is 73.2 cm³/mol. The van der Waals surface area contributed by atoms with Crippen molar-refractivity contribution in [3.05, 3.63) is 0 Å². The number of carbonyl (C=O) groups is 2. The van der Waals surface area contributed by atoms with E-state index in [0.29, 0.717) is 19.6 Å². The van der Waals surface area contributed by atoms with Crippen molar-refractivity contribution in [3.63, 3.8) is 0 Å². The van der Waals surface area contributed by atoms with Crippen LogP contribution in [0.5, 0.6) is 0 Å². The third-order valence-corrected chi connectivity index (χ3v) is 3.48. The number of amides is 2. The van der Waals surface area contributed by atoms with Gasteiger partial charge in [0.05, 0.1) is 0 Å². The second-order valence-corrected chi connectivity index (χ2v) is 5.84.